The van der Waals surface area contributed by atoms with Gasteiger partial charge in [0, 0.05) is 13.0 Å². The Morgan fingerprint density at radius 3 is 2.91 bits per heavy atom. The third kappa shape index (κ3) is 5.11. The standard InChI is InChI=1S/C16H22FN3O2/c1-3-4-9-15-18-16(22-19-15)12-20(2)10-11-21-14-8-6-5-7-13(14)17/h5-8H,3-4,9-12H2,1-2H3. The Morgan fingerprint density at radius 2 is 2.14 bits per heavy atom. The van der Waals surface area contributed by atoms with E-state index >= 15 is 0 Å². The highest BCUT2D eigenvalue weighted by molar-refractivity contribution is 5.23. The smallest absolute Gasteiger partial charge is 0.240 e. The number of para-hydroxylation sites is 1. The predicted octanol–water partition coefficient (Wildman–Crippen LogP) is 3.06. The van der Waals surface area contributed by atoms with Crippen LogP contribution < -0.4 is 4.74 Å². The van der Waals surface area contributed by atoms with Gasteiger partial charge in [-0.3, -0.25) is 4.90 Å². The van der Waals surface area contributed by atoms with E-state index in [1.165, 1.54) is 6.07 Å². The average Bonchev–Trinajstić information content (AvgIpc) is 2.94. The third-order valence-electron chi connectivity index (χ3n) is 3.24. The second kappa shape index (κ2) is 8.48. The van der Waals surface area contributed by atoms with Crippen LogP contribution in [0.25, 0.3) is 0 Å². The molecule has 0 aliphatic carbocycles. The first-order valence-electron chi connectivity index (χ1n) is 7.56. The van der Waals surface area contributed by atoms with Crippen molar-refractivity contribution in [2.75, 3.05) is 20.2 Å². The first-order valence-corrected chi connectivity index (χ1v) is 7.56. The molecule has 2 rings (SSSR count). The largest absolute Gasteiger partial charge is 0.489 e. The number of ether oxygens (including phenoxy) is 1. The van der Waals surface area contributed by atoms with Crippen molar-refractivity contribution in [2.45, 2.75) is 32.7 Å². The fourth-order valence-corrected chi connectivity index (χ4v) is 1.97. The van der Waals surface area contributed by atoms with Gasteiger partial charge < -0.3 is 9.26 Å². The maximum absolute atomic E-state index is 13.4. The minimum Gasteiger partial charge on any atom is -0.489 e. The average molecular weight is 307 g/mol. The minimum atomic E-state index is -0.345. The highest BCUT2D eigenvalue weighted by atomic mass is 19.1. The van der Waals surface area contributed by atoms with Gasteiger partial charge in [0.05, 0.1) is 6.54 Å². The number of likely N-dealkylation sites (N-methyl/N-ethyl adjacent to an activating group) is 1. The Kier molecular flexibility index (Phi) is 6.33. The van der Waals surface area contributed by atoms with Gasteiger partial charge in [0.2, 0.25) is 5.89 Å². The number of hydrogen-bond acceptors (Lipinski definition) is 5. The van der Waals surface area contributed by atoms with Gasteiger partial charge in [-0.15, -0.1) is 0 Å². The number of hydrogen-bond donors (Lipinski definition) is 0. The van der Waals surface area contributed by atoms with Crippen LogP contribution in [0.1, 0.15) is 31.5 Å². The fraction of sp³-hybridized carbons (Fsp3) is 0.500. The summed E-state index contributed by atoms with van der Waals surface area (Å²) in [5.74, 6) is 1.28. The second-order valence-corrected chi connectivity index (χ2v) is 5.22. The number of nitrogens with zero attached hydrogens (tertiary/aromatic N) is 3. The van der Waals surface area contributed by atoms with E-state index < -0.39 is 0 Å². The molecule has 5 nitrogen and oxygen atoms in total. The van der Waals surface area contributed by atoms with Crippen molar-refractivity contribution in [1.29, 1.82) is 0 Å². The maximum Gasteiger partial charge on any atom is 0.240 e. The summed E-state index contributed by atoms with van der Waals surface area (Å²) < 4.78 is 24.0. The second-order valence-electron chi connectivity index (χ2n) is 5.22. The molecule has 0 atom stereocenters. The lowest BCUT2D eigenvalue weighted by Crippen LogP contribution is -2.24. The number of aromatic nitrogens is 2. The zero-order valence-electron chi connectivity index (χ0n) is 13.1. The van der Waals surface area contributed by atoms with Crippen LogP contribution in [-0.4, -0.2) is 35.2 Å². The van der Waals surface area contributed by atoms with Crippen molar-refractivity contribution in [3.63, 3.8) is 0 Å². The van der Waals surface area contributed by atoms with Crippen LogP contribution in [0.15, 0.2) is 28.8 Å². The Labute approximate surface area is 130 Å². The summed E-state index contributed by atoms with van der Waals surface area (Å²) in [4.78, 5) is 6.35. The molecule has 0 saturated carbocycles. The summed E-state index contributed by atoms with van der Waals surface area (Å²) in [6, 6.07) is 6.39. The van der Waals surface area contributed by atoms with E-state index in [1.807, 2.05) is 11.9 Å². The molecule has 2 aromatic rings. The topological polar surface area (TPSA) is 51.4 Å². The predicted molar refractivity (Wildman–Crippen MR) is 81.1 cm³/mol. The number of aryl methyl sites for hydroxylation is 1. The summed E-state index contributed by atoms with van der Waals surface area (Å²) in [6.45, 7) is 3.72. The number of rotatable bonds is 9. The molecule has 0 aliphatic rings. The van der Waals surface area contributed by atoms with Gasteiger partial charge in [0.1, 0.15) is 6.61 Å². The molecule has 0 unspecified atom stereocenters. The van der Waals surface area contributed by atoms with Crippen LogP contribution in [0.2, 0.25) is 0 Å². The van der Waals surface area contributed by atoms with Crippen molar-refractivity contribution in [2.24, 2.45) is 0 Å². The quantitative estimate of drug-likeness (QED) is 0.712. The van der Waals surface area contributed by atoms with E-state index in [0.717, 1.165) is 25.1 Å². The van der Waals surface area contributed by atoms with Gasteiger partial charge >= 0.3 is 0 Å². The van der Waals surface area contributed by atoms with Gasteiger partial charge in [-0.25, -0.2) is 4.39 Å². The van der Waals surface area contributed by atoms with Crippen molar-refractivity contribution >= 4 is 0 Å². The van der Waals surface area contributed by atoms with E-state index in [9.17, 15) is 4.39 Å². The fourth-order valence-electron chi connectivity index (χ4n) is 1.97. The molecule has 6 heteroatoms. The Balaban J connectivity index is 1.72. The van der Waals surface area contributed by atoms with Gasteiger partial charge in [-0.2, -0.15) is 4.98 Å². The first kappa shape index (κ1) is 16.4. The molecule has 1 heterocycles. The van der Waals surface area contributed by atoms with Crippen LogP contribution in [0.3, 0.4) is 0 Å². The lowest BCUT2D eigenvalue weighted by molar-refractivity contribution is 0.208. The molecule has 0 spiro atoms. The van der Waals surface area contributed by atoms with Crippen LogP contribution in [-0.2, 0) is 13.0 Å². The van der Waals surface area contributed by atoms with Crippen LogP contribution in [0.5, 0.6) is 5.75 Å². The Bertz CT molecular complexity index is 574. The number of unbranched alkanes of at least 4 members (excludes halogenated alkanes) is 1. The summed E-state index contributed by atoms with van der Waals surface area (Å²) in [7, 11) is 1.93. The third-order valence-corrected chi connectivity index (χ3v) is 3.24. The van der Waals surface area contributed by atoms with E-state index in [4.69, 9.17) is 9.26 Å². The molecule has 1 aromatic heterocycles. The van der Waals surface area contributed by atoms with Crippen molar-refractivity contribution in [3.05, 3.63) is 41.8 Å². The number of halogens is 1. The monoisotopic (exact) mass is 307 g/mol. The molecular formula is C16H22FN3O2. The van der Waals surface area contributed by atoms with Crippen molar-refractivity contribution in [3.8, 4) is 5.75 Å². The highest BCUT2D eigenvalue weighted by Gasteiger charge is 2.09. The molecule has 120 valence electrons. The summed E-state index contributed by atoms with van der Waals surface area (Å²) in [5, 5.41) is 3.95. The summed E-state index contributed by atoms with van der Waals surface area (Å²) >= 11 is 0. The summed E-state index contributed by atoms with van der Waals surface area (Å²) in [5.41, 5.74) is 0. The molecule has 0 fully saturated rings. The molecule has 0 N–H and O–H groups in total. The molecule has 22 heavy (non-hydrogen) atoms. The molecule has 0 saturated heterocycles. The highest BCUT2D eigenvalue weighted by Crippen LogP contribution is 2.15. The van der Waals surface area contributed by atoms with Crippen LogP contribution in [0.4, 0.5) is 4.39 Å². The van der Waals surface area contributed by atoms with E-state index in [-0.39, 0.29) is 11.6 Å². The Hall–Kier alpha value is -1.95. The molecule has 1 aromatic carbocycles. The van der Waals surface area contributed by atoms with Gasteiger partial charge in [0.25, 0.3) is 0 Å². The lowest BCUT2D eigenvalue weighted by atomic mass is 10.2. The zero-order chi connectivity index (χ0) is 15.8. The normalized spacial score (nSPS) is 11.1. The van der Waals surface area contributed by atoms with Gasteiger partial charge in [-0.1, -0.05) is 30.6 Å². The Morgan fingerprint density at radius 1 is 1.32 bits per heavy atom. The van der Waals surface area contributed by atoms with Crippen molar-refractivity contribution in [1.82, 2.24) is 15.0 Å². The lowest BCUT2D eigenvalue weighted by Gasteiger charge is -2.14. The number of benzene rings is 1. The first-order chi connectivity index (χ1) is 10.7. The molecule has 0 aliphatic heterocycles. The van der Waals surface area contributed by atoms with Gasteiger partial charge in [-0.05, 0) is 25.6 Å². The molecule has 0 radical (unpaired) electrons. The van der Waals surface area contributed by atoms with Crippen LogP contribution >= 0.6 is 0 Å². The van der Waals surface area contributed by atoms with E-state index in [0.29, 0.717) is 25.6 Å². The van der Waals surface area contributed by atoms with E-state index in [1.54, 1.807) is 18.2 Å². The maximum atomic E-state index is 13.4. The SMILES string of the molecule is CCCCc1noc(CN(C)CCOc2ccccc2F)n1. The zero-order valence-corrected chi connectivity index (χ0v) is 13.1. The van der Waals surface area contributed by atoms with E-state index in [2.05, 4.69) is 17.1 Å². The van der Waals surface area contributed by atoms with Gasteiger partial charge in [0.15, 0.2) is 17.4 Å². The van der Waals surface area contributed by atoms with Crippen molar-refractivity contribution < 1.29 is 13.7 Å². The molecular weight excluding hydrogens is 285 g/mol. The molecule has 0 amide bonds. The molecule has 0 bridgehead atoms. The minimum absolute atomic E-state index is 0.274. The van der Waals surface area contributed by atoms with Crippen LogP contribution in [0, 0.1) is 5.82 Å². The summed E-state index contributed by atoms with van der Waals surface area (Å²) in [6.07, 6.45) is 3.02.